The van der Waals surface area contributed by atoms with Crippen LogP contribution in [0.5, 0.6) is 0 Å². The first-order valence-corrected chi connectivity index (χ1v) is 6.89. The number of rotatable bonds is 6. The molecule has 94 valence electrons. The summed E-state index contributed by atoms with van der Waals surface area (Å²) in [6.45, 7) is 2.74. The molecular formula is C13H17BrFNO. The molecule has 0 saturated heterocycles. The van der Waals surface area contributed by atoms with Crippen molar-refractivity contribution in [2.24, 2.45) is 5.92 Å². The van der Waals surface area contributed by atoms with Gasteiger partial charge in [-0.25, -0.2) is 4.39 Å². The fraction of sp³-hybridized carbons (Fsp3) is 0.462. The van der Waals surface area contributed by atoms with E-state index >= 15 is 0 Å². The summed E-state index contributed by atoms with van der Waals surface area (Å²) in [5.41, 5.74) is 0.374. The molecule has 0 aliphatic rings. The zero-order valence-corrected chi connectivity index (χ0v) is 11.5. The Morgan fingerprint density at radius 3 is 2.88 bits per heavy atom. The first kappa shape index (κ1) is 14.2. The van der Waals surface area contributed by atoms with Gasteiger partial charge in [0.2, 0.25) is 0 Å². The number of alkyl halides is 1. The Labute approximate surface area is 110 Å². The van der Waals surface area contributed by atoms with E-state index in [1.54, 1.807) is 12.1 Å². The fourth-order valence-corrected chi connectivity index (χ4v) is 2.22. The van der Waals surface area contributed by atoms with Gasteiger partial charge in [0, 0.05) is 17.4 Å². The van der Waals surface area contributed by atoms with Gasteiger partial charge in [0.05, 0.1) is 0 Å². The van der Waals surface area contributed by atoms with Gasteiger partial charge in [-0.15, -0.1) is 0 Å². The van der Waals surface area contributed by atoms with Crippen LogP contribution < -0.4 is 5.32 Å². The number of benzene rings is 1. The van der Waals surface area contributed by atoms with Crippen molar-refractivity contribution >= 4 is 21.8 Å². The summed E-state index contributed by atoms with van der Waals surface area (Å²) >= 11 is 3.39. The Bertz CT molecular complexity index is 370. The Morgan fingerprint density at radius 1 is 1.53 bits per heavy atom. The molecule has 0 aliphatic heterocycles. The molecule has 0 bridgehead atoms. The number of amides is 1. The van der Waals surface area contributed by atoms with E-state index in [9.17, 15) is 9.18 Å². The molecular weight excluding hydrogens is 285 g/mol. The fourth-order valence-electron chi connectivity index (χ4n) is 1.57. The minimum Gasteiger partial charge on any atom is -0.352 e. The molecule has 0 radical (unpaired) electrons. The van der Waals surface area contributed by atoms with E-state index in [1.165, 1.54) is 12.1 Å². The number of carbonyl (C=O) groups is 1. The Balaban J connectivity index is 2.49. The summed E-state index contributed by atoms with van der Waals surface area (Å²) in [6, 6.07) is 5.74. The van der Waals surface area contributed by atoms with Crippen LogP contribution in [0.1, 0.15) is 30.1 Å². The number of hydrogen-bond acceptors (Lipinski definition) is 1. The van der Waals surface area contributed by atoms with Crippen LogP contribution in [0, 0.1) is 11.7 Å². The van der Waals surface area contributed by atoms with E-state index in [0.29, 0.717) is 18.0 Å². The molecule has 1 aromatic rings. The molecule has 1 aromatic carbocycles. The van der Waals surface area contributed by atoms with Crippen molar-refractivity contribution in [1.29, 1.82) is 0 Å². The van der Waals surface area contributed by atoms with Gasteiger partial charge in [-0.2, -0.15) is 0 Å². The molecule has 1 rings (SSSR count). The van der Waals surface area contributed by atoms with E-state index in [2.05, 4.69) is 28.2 Å². The van der Waals surface area contributed by atoms with Crippen molar-refractivity contribution in [3.63, 3.8) is 0 Å². The normalized spacial score (nSPS) is 12.2. The monoisotopic (exact) mass is 301 g/mol. The van der Waals surface area contributed by atoms with Crippen LogP contribution in [-0.2, 0) is 0 Å². The molecule has 2 nitrogen and oxygen atoms in total. The van der Waals surface area contributed by atoms with Crippen molar-refractivity contribution < 1.29 is 9.18 Å². The lowest BCUT2D eigenvalue weighted by Crippen LogP contribution is -2.29. The third-order valence-electron chi connectivity index (χ3n) is 2.73. The largest absolute Gasteiger partial charge is 0.352 e. The molecule has 0 aliphatic carbocycles. The van der Waals surface area contributed by atoms with Crippen molar-refractivity contribution in [2.45, 2.75) is 19.8 Å². The molecule has 0 saturated carbocycles. The standard InChI is InChI=1S/C13H17BrFNO/c1-2-10(6-7-14)9-16-13(17)11-4-3-5-12(15)8-11/h3-5,8,10H,2,6-7,9H2,1H3,(H,16,17). The lowest BCUT2D eigenvalue weighted by atomic mass is 10.0. The molecule has 0 heterocycles. The van der Waals surface area contributed by atoms with Gasteiger partial charge in [-0.3, -0.25) is 4.79 Å². The van der Waals surface area contributed by atoms with Gasteiger partial charge in [0.15, 0.2) is 0 Å². The van der Waals surface area contributed by atoms with Gasteiger partial charge in [0.25, 0.3) is 5.91 Å². The predicted molar refractivity (Wildman–Crippen MR) is 70.9 cm³/mol. The third kappa shape index (κ3) is 4.86. The highest BCUT2D eigenvalue weighted by atomic mass is 79.9. The van der Waals surface area contributed by atoms with Gasteiger partial charge >= 0.3 is 0 Å². The smallest absolute Gasteiger partial charge is 0.251 e. The molecule has 4 heteroatoms. The lowest BCUT2D eigenvalue weighted by Gasteiger charge is -2.14. The zero-order valence-electron chi connectivity index (χ0n) is 9.88. The Kier molecular flexibility index (Phi) is 6.19. The van der Waals surface area contributed by atoms with Crippen molar-refractivity contribution in [3.8, 4) is 0 Å². The molecule has 0 spiro atoms. The summed E-state index contributed by atoms with van der Waals surface area (Å²) in [5, 5.41) is 3.77. The lowest BCUT2D eigenvalue weighted by molar-refractivity contribution is 0.0946. The van der Waals surface area contributed by atoms with Crippen LogP contribution >= 0.6 is 15.9 Å². The highest BCUT2D eigenvalue weighted by Crippen LogP contribution is 2.09. The predicted octanol–water partition coefficient (Wildman–Crippen LogP) is 3.37. The van der Waals surface area contributed by atoms with Gasteiger partial charge in [-0.1, -0.05) is 35.3 Å². The molecule has 1 atom stereocenters. The van der Waals surface area contributed by atoms with E-state index in [4.69, 9.17) is 0 Å². The van der Waals surface area contributed by atoms with Gasteiger partial charge in [0.1, 0.15) is 5.82 Å². The van der Waals surface area contributed by atoms with Crippen molar-refractivity contribution in [1.82, 2.24) is 5.32 Å². The first-order chi connectivity index (χ1) is 8.17. The molecule has 1 unspecified atom stereocenters. The van der Waals surface area contributed by atoms with Crippen LogP contribution in [0.4, 0.5) is 4.39 Å². The molecule has 1 amide bonds. The number of halogens is 2. The van der Waals surface area contributed by atoms with E-state index in [1.807, 2.05) is 0 Å². The van der Waals surface area contributed by atoms with Crippen LogP contribution in [0.25, 0.3) is 0 Å². The minimum atomic E-state index is -0.384. The Morgan fingerprint density at radius 2 is 2.29 bits per heavy atom. The highest BCUT2D eigenvalue weighted by Gasteiger charge is 2.09. The maximum absolute atomic E-state index is 12.9. The van der Waals surface area contributed by atoms with Crippen LogP contribution in [0.15, 0.2) is 24.3 Å². The summed E-state index contributed by atoms with van der Waals surface area (Å²) in [4.78, 5) is 11.7. The molecule has 1 N–H and O–H groups in total. The van der Waals surface area contributed by atoms with Crippen LogP contribution in [-0.4, -0.2) is 17.8 Å². The average molecular weight is 302 g/mol. The SMILES string of the molecule is CCC(CCBr)CNC(=O)c1cccc(F)c1. The van der Waals surface area contributed by atoms with Crippen molar-refractivity contribution in [2.75, 3.05) is 11.9 Å². The average Bonchev–Trinajstić information content (AvgIpc) is 2.34. The second kappa shape index (κ2) is 7.43. The number of nitrogens with one attached hydrogen (secondary N) is 1. The molecule has 0 aromatic heterocycles. The van der Waals surface area contributed by atoms with E-state index < -0.39 is 0 Å². The summed E-state index contributed by atoms with van der Waals surface area (Å²) in [7, 11) is 0. The summed E-state index contributed by atoms with van der Waals surface area (Å²) in [6.07, 6.45) is 2.05. The van der Waals surface area contributed by atoms with E-state index in [-0.39, 0.29) is 11.7 Å². The number of hydrogen-bond donors (Lipinski definition) is 1. The molecule has 0 fully saturated rings. The maximum Gasteiger partial charge on any atom is 0.251 e. The first-order valence-electron chi connectivity index (χ1n) is 5.77. The zero-order chi connectivity index (χ0) is 12.7. The Hall–Kier alpha value is -0.900. The summed E-state index contributed by atoms with van der Waals surface area (Å²) < 4.78 is 12.9. The van der Waals surface area contributed by atoms with Crippen LogP contribution in [0.3, 0.4) is 0 Å². The molecule has 17 heavy (non-hydrogen) atoms. The third-order valence-corrected chi connectivity index (χ3v) is 3.19. The van der Waals surface area contributed by atoms with Gasteiger partial charge < -0.3 is 5.32 Å². The topological polar surface area (TPSA) is 29.1 Å². The minimum absolute atomic E-state index is 0.211. The highest BCUT2D eigenvalue weighted by molar-refractivity contribution is 9.09. The quantitative estimate of drug-likeness (QED) is 0.802. The van der Waals surface area contributed by atoms with Crippen LogP contribution in [0.2, 0.25) is 0 Å². The van der Waals surface area contributed by atoms with E-state index in [0.717, 1.165) is 18.2 Å². The van der Waals surface area contributed by atoms with Crippen molar-refractivity contribution in [3.05, 3.63) is 35.6 Å². The second-order valence-electron chi connectivity index (χ2n) is 3.97. The summed E-state index contributed by atoms with van der Waals surface area (Å²) in [5.74, 6) is -0.130. The van der Waals surface area contributed by atoms with Gasteiger partial charge in [-0.05, 0) is 30.5 Å². The maximum atomic E-state index is 12.9. The number of carbonyl (C=O) groups excluding carboxylic acids is 1. The second-order valence-corrected chi connectivity index (χ2v) is 4.77.